The third-order valence-corrected chi connectivity index (χ3v) is 4.75. The summed E-state index contributed by atoms with van der Waals surface area (Å²) in [5, 5.41) is 5.99. The Bertz CT molecular complexity index is 1020. The Morgan fingerprint density at radius 2 is 1.80 bits per heavy atom. The van der Waals surface area contributed by atoms with E-state index in [-0.39, 0.29) is 5.78 Å². The number of rotatable bonds is 4. The van der Waals surface area contributed by atoms with Gasteiger partial charge in [-0.05, 0) is 24.4 Å². The van der Waals surface area contributed by atoms with Gasteiger partial charge in [0.25, 0.3) is 5.89 Å². The van der Waals surface area contributed by atoms with Crippen LogP contribution in [0.5, 0.6) is 0 Å². The van der Waals surface area contributed by atoms with Gasteiger partial charge in [0.15, 0.2) is 5.78 Å². The number of hydrogen-bond donors (Lipinski definition) is 0. The van der Waals surface area contributed by atoms with Crippen LogP contribution in [0.4, 0.5) is 0 Å². The third-order valence-electron chi connectivity index (χ3n) is 3.88. The van der Waals surface area contributed by atoms with E-state index in [1.165, 1.54) is 0 Å². The first-order chi connectivity index (χ1) is 12.2. The van der Waals surface area contributed by atoms with Crippen LogP contribution < -0.4 is 0 Å². The first kappa shape index (κ1) is 15.5. The molecule has 2 heterocycles. The van der Waals surface area contributed by atoms with Gasteiger partial charge in [0.05, 0.1) is 10.4 Å². The molecule has 0 unspecified atom stereocenters. The van der Waals surface area contributed by atoms with E-state index >= 15 is 0 Å². The number of aromatic nitrogens is 2. The first-order valence-electron chi connectivity index (χ1n) is 7.81. The monoisotopic (exact) mass is 346 g/mol. The highest BCUT2D eigenvalue weighted by molar-refractivity contribution is 7.13. The summed E-state index contributed by atoms with van der Waals surface area (Å²) in [4.78, 5) is 18.3. The summed E-state index contributed by atoms with van der Waals surface area (Å²) >= 11 is 1.54. The summed E-state index contributed by atoms with van der Waals surface area (Å²) in [5.41, 5.74) is 2.94. The van der Waals surface area contributed by atoms with Gasteiger partial charge in [0.2, 0.25) is 5.82 Å². The average molecular weight is 346 g/mol. The fourth-order valence-electron chi connectivity index (χ4n) is 2.57. The number of aryl methyl sites for hydroxylation is 1. The lowest BCUT2D eigenvalue weighted by Crippen LogP contribution is -2.03. The predicted octanol–water partition coefficient (Wildman–Crippen LogP) is 5.00. The van der Waals surface area contributed by atoms with E-state index in [1.54, 1.807) is 17.4 Å². The van der Waals surface area contributed by atoms with Crippen LogP contribution in [-0.2, 0) is 0 Å². The quantitative estimate of drug-likeness (QED) is 0.488. The van der Waals surface area contributed by atoms with Crippen molar-refractivity contribution in [2.45, 2.75) is 6.92 Å². The summed E-state index contributed by atoms with van der Waals surface area (Å²) in [6.45, 7) is 1.99. The van der Waals surface area contributed by atoms with Crippen molar-refractivity contribution in [2.75, 3.05) is 0 Å². The molecule has 0 amide bonds. The summed E-state index contributed by atoms with van der Waals surface area (Å²) in [6.07, 6.45) is 0. The van der Waals surface area contributed by atoms with E-state index in [1.807, 2.05) is 66.9 Å². The second-order valence-corrected chi connectivity index (χ2v) is 6.59. The van der Waals surface area contributed by atoms with Gasteiger partial charge in [-0.25, -0.2) is 0 Å². The number of thiophene rings is 1. The molecule has 0 fully saturated rings. The van der Waals surface area contributed by atoms with Crippen molar-refractivity contribution >= 4 is 17.1 Å². The van der Waals surface area contributed by atoms with Gasteiger partial charge in [-0.15, -0.1) is 11.3 Å². The molecule has 0 N–H and O–H groups in total. The van der Waals surface area contributed by atoms with Crippen LogP contribution in [0.15, 0.2) is 70.6 Å². The van der Waals surface area contributed by atoms with Crippen LogP contribution >= 0.6 is 11.3 Å². The molecule has 2 aromatic carbocycles. The Morgan fingerprint density at radius 1 is 1.00 bits per heavy atom. The van der Waals surface area contributed by atoms with Gasteiger partial charge in [0, 0.05) is 11.1 Å². The van der Waals surface area contributed by atoms with E-state index in [4.69, 9.17) is 4.52 Å². The lowest BCUT2D eigenvalue weighted by molar-refractivity contribution is 0.103. The maximum absolute atomic E-state index is 12.9. The lowest BCUT2D eigenvalue weighted by Gasteiger charge is -2.05. The minimum atomic E-state index is -0.0635. The largest absolute Gasteiger partial charge is 0.334 e. The van der Waals surface area contributed by atoms with Gasteiger partial charge in [-0.2, -0.15) is 4.98 Å². The number of carbonyl (C=O) groups excluding carboxylic acids is 1. The molecule has 0 aliphatic heterocycles. The highest BCUT2D eigenvalue weighted by atomic mass is 32.1. The molecule has 2 aromatic heterocycles. The molecule has 0 aliphatic carbocycles. The van der Waals surface area contributed by atoms with E-state index in [0.29, 0.717) is 28.4 Å². The lowest BCUT2D eigenvalue weighted by atomic mass is 9.98. The van der Waals surface area contributed by atoms with E-state index in [0.717, 1.165) is 10.4 Å². The van der Waals surface area contributed by atoms with Crippen molar-refractivity contribution in [3.63, 3.8) is 0 Å². The fraction of sp³-hybridized carbons (Fsp3) is 0.0500. The van der Waals surface area contributed by atoms with Crippen molar-refractivity contribution in [3.8, 4) is 22.2 Å². The molecular weight excluding hydrogens is 332 g/mol. The molecule has 25 heavy (non-hydrogen) atoms. The normalized spacial score (nSPS) is 10.8. The van der Waals surface area contributed by atoms with Crippen molar-refractivity contribution in [1.29, 1.82) is 0 Å². The number of benzene rings is 2. The smallest absolute Gasteiger partial charge is 0.259 e. The second kappa shape index (κ2) is 6.45. The molecule has 0 atom stereocenters. The molecule has 4 rings (SSSR count). The maximum atomic E-state index is 12.9. The van der Waals surface area contributed by atoms with Gasteiger partial charge < -0.3 is 4.52 Å². The van der Waals surface area contributed by atoms with Gasteiger partial charge >= 0.3 is 0 Å². The minimum absolute atomic E-state index is 0.0635. The Labute approximate surface area is 148 Å². The van der Waals surface area contributed by atoms with E-state index < -0.39 is 0 Å². The Kier molecular flexibility index (Phi) is 3.99. The summed E-state index contributed by atoms with van der Waals surface area (Å²) in [5.74, 6) is 0.813. The van der Waals surface area contributed by atoms with Crippen molar-refractivity contribution in [3.05, 3.63) is 82.7 Å². The van der Waals surface area contributed by atoms with Crippen LogP contribution in [0.25, 0.3) is 22.2 Å². The zero-order chi connectivity index (χ0) is 17.2. The molecule has 4 nitrogen and oxygen atoms in total. The van der Waals surface area contributed by atoms with Gasteiger partial charge in [0.1, 0.15) is 0 Å². The maximum Gasteiger partial charge on any atom is 0.259 e. The van der Waals surface area contributed by atoms with Crippen LogP contribution in [0.2, 0.25) is 0 Å². The SMILES string of the molecule is Cc1ccc(C(=O)c2ccccc2-c2nc(-c3cccs3)no2)cc1. The highest BCUT2D eigenvalue weighted by Crippen LogP contribution is 2.28. The first-order valence-corrected chi connectivity index (χ1v) is 8.69. The Morgan fingerprint density at radius 3 is 2.56 bits per heavy atom. The molecule has 0 aliphatic rings. The minimum Gasteiger partial charge on any atom is -0.334 e. The summed E-state index contributed by atoms with van der Waals surface area (Å²) in [6, 6.07) is 18.7. The second-order valence-electron chi connectivity index (χ2n) is 5.64. The molecule has 5 heteroatoms. The topological polar surface area (TPSA) is 56.0 Å². The van der Waals surface area contributed by atoms with Crippen LogP contribution in [0.3, 0.4) is 0 Å². The number of ketones is 1. The third kappa shape index (κ3) is 3.02. The predicted molar refractivity (Wildman–Crippen MR) is 97.7 cm³/mol. The van der Waals surface area contributed by atoms with Gasteiger partial charge in [-0.1, -0.05) is 59.3 Å². The summed E-state index contributed by atoms with van der Waals surface area (Å²) in [7, 11) is 0. The fourth-order valence-corrected chi connectivity index (χ4v) is 3.22. The standard InChI is InChI=1S/C20H14N2O2S/c1-13-8-10-14(11-9-13)18(23)15-5-2-3-6-16(15)20-21-19(22-24-20)17-7-4-12-25-17/h2-12H,1H3. The van der Waals surface area contributed by atoms with Crippen molar-refractivity contribution < 1.29 is 9.32 Å². The molecule has 0 spiro atoms. The highest BCUT2D eigenvalue weighted by Gasteiger charge is 2.19. The zero-order valence-electron chi connectivity index (χ0n) is 13.5. The molecule has 0 radical (unpaired) electrons. The van der Waals surface area contributed by atoms with Crippen LogP contribution in [-0.4, -0.2) is 15.9 Å². The van der Waals surface area contributed by atoms with Crippen LogP contribution in [0, 0.1) is 6.92 Å². The average Bonchev–Trinajstić information content (AvgIpc) is 3.33. The molecule has 122 valence electrons. The molecule has 4 aromatic rings. The Balaban J connectivity index is 1.74. The molecule has 0 saturated heterocycles. The summed E-state index contributed by atoms with van der Waals surface area (Å²) < 4.78 is 5.41. The van der Waals surface area contributed by atoms with Crippen molar-refractivity contribution in [2.24, 2.45) is 0 Å². The number of carbonyl (C=O) groups is 1. The van der Waals surface area contributed by atoms with Gasteiger partial charge in [-0.3, -0.25) is 4.79 Å². The van der Waals surface area contributed by atoms with E-state index in [2.05, 4.69) is 10.1 Å². The Hall–Kier alpha value is -3.05. The number of nitrogens with zero attached hydrogens (tertiary/aromatic N) is 2. The zero-order valence-corrected chi connectivity index (χ0v) is 14.3. The van der Waals surface area contributed by atoms with E-state index in [9.17, 15) is 4.79 Å². The molecule has 0 bridgehead atoms. The number of hydrogen-bond acceptors (Lipinski definition) is 5. The molecular formula is C20H14N2O2S. The van der Waals surface area contributed by atoms with Crippen LogP contribution in [0.1, 0.15) is 21.5 Å². The molecule has 0 saturated carbocycles. The van der Waals surface area contributed by atoms with Crippen molar-refractivity contribution in [1.82, 2.24) is 10.1 Å².